The van der Waals surface area contributed by atoms with Gasteiger partial charge in [-0.2, -0.15) is 0 Å². The van der Waals surface area contributed by atoms with Gasteiger partial charge >= 0.3 is 0 Å². The maximum Gasteiger partial charge on any atom is 0.294 e. The normalized spacial score (nSPS) is 25.4. The monoisotopic (exact) mass is 1110 g/mol. The summed E-state index contributed by atoms with van der Waals surface area (Å²) in [5.41, 5.74) is 2.44. The summed E-state index contributed by atoms with van der Waals surface area (Å²) in [4.78, 5) is 113. The van der Waals surface area contributed by atoms with Crippen LogP contribution >= 0.6 is 12.4 Å². The van der Waals surface area contributed by atoms with Gasteiger partial charge in [-0.3, -0.25) is 58.2 Å². The summed E-state index contributed by atoms with van der Waals surface area (Å²) in [6, 6.07) is 19.4. The van der Waals surface area contributed by atoms with E-state index in [0.717, 1.165) is 24.2 Å². The number of fused-ring (bicyclic) bond motifs is 3. The first-order valence-corrected chi connectivity index (χ1v) is 25.5. The summed E-state index contributed by atoms with van der Waals surface area (Å²) in [6.07, 6.45) is 2.09. The third-order valence-corrected chi connectivity index (χ3v) is 14.8. The van der Waals surface area contributed by atoms with Crippen LogP contribution in [0.2, 0.25) is 0 Å². The lowest BCUT2D eigenvalue weighted by Crippen LogP contribution is -2.42. The van der Waals surface area contributed by atoms with Gasteiger partial charge in [-0.05, 0) is 80.8 Å². The number of aliphatic hydroxyl groups excluding tert-OH is 6. The molecule has 3 aromatic rings. The molecule has 1 aliphatic carbocycles. The third kappa shape index (κ3) is 14.6. The quantitative estimate of drug-likeness (QED) is 0.0594. The van der Waals surface area contributed by atoms with Crippen molar-refractivity contribution in [3.05, 3.63) is 126 Å². The highest BCUT2D eigenvalue weighted by Gasteiger charge is 2.41. The number of nitrogens with zero attached hydrogens (tertiary/aromatic N) is 8. The van der Waals surface area contributed by atoms with Gasteiger partial charge < -0.3 is 40.3 Å². The van der Waals surface area contributed by atoms with E-state index in [1.165, 1.54) is 9.80 Å². The molecule has 10 rings (SSSR count). The predicted octanol–water partition coefficient (Wildman–Crippen LogP) is 0.124. The van der Waals surface area contributed by atoms with Crippen LogP contribution in [0.25, 0.3) is 0 Å². The van der Waals surface area contributed by atoms with Gasteiger partial charge in [0.25, 0.3) is 45.6 Å². The van der Waals surface area contributed by atoms with Crippen LogP contribution in [0.1, 0.15) is 101 Å². The molecule has 27 heteroatoms. The number of carbonyl (C=O) groups excluding carboxylic acids is 6. The third-order valence-electron chi connectivity index (χ3n) is 14.8. The van der Waals surface area contributed by atoms with E-state index in [9.17, 15) is 69.4 Å². The van der Waals surface area contributed by atoms with Crippen LogP contribution in [0.4, 0.5) is 0 Å². The number of aliphatic hydroxyl groups is 6. The maximum atomic E-state index is 12.4. The number of rotatable bonds is 17. The summed E-state index contributed by atoms with van der Waals surface area (Å²) in [5, 5.41) is 74.5. The minimum absolute atomic E-state index is 0. The van der Waals surface area contributed by atoms with Crippen molar-refractivity contribution < 1.29 is 79.3 Å². The minimum atomic E-state index is -0.940. The molecule has 4 fully saturated rings. The Labute approximate surface area is 453 Å². The van der Waals surface area contributed by atoms with Crippen molar-refractivity contribution >= 4 is 47.9 Å². The van der Waals surface area contributed by atoms with Crippen LogP contribution in [0, 0.1) is 26.1 Å². The Bertz CT molecular complexity index is 2450. The Morgan fingerprint density at radius 3 is 1.10 bits per heavy atom. The standard InChI is InChI=1S/C15H16N4O8.2C15H18N2O4.C6H12O2.ClH/c20-14-12-3-1-2-4-13(12)15(21)17(14)6-5-16-8-11(27-19(24)25)7-10(16)9-26-18(22)23;2*18-9-10-7-11(19)8-16(10)5-6-17-14(20)12-3-1-2-4-13(12)15(17)21;7-4-5-1-2-6(8)3-5;/h1-4,10-11H,5-9H2;2*1-4,10-11,18-19H,5-9H2;5-8H,1-4H2;1H. The van der Waals surface area contributed by atoms with Crippen LogP contribution in [-0.2, 0) is 9.68 Å². The Hall–Kier alpha value is -6.59. The molecule has 8 unspecified atom stereocenters. The first-order valence-electron chi connectivity index (χ1n) is 25.5. The highest BCUT2D eigenvalue weighted by molar-refractivity contribution is 6.22. The summed E-state index contributed by atoms with van der Waals surface area (Å²) in [7, 11) is 0. The van der Waals surface area contributed by atoms with Crippen molar-refractivity contribution in [3.8, 4) is 0 Å². The topological polar surface area (TPSA) is 348 Å². The first-order chi connectivity index (χ1) is 36.9. The second-order valence-electron chi connectivity index (χ2n) is 19.7. The fraction of sp³-hybridized carbons (Fsp3) is 0.529. The summed E-state index contributed by atoms with van der Waals surface area (Å²) in [6.45, 7) is 2.69. The van der Waals surface area contributed by atoms with Crippen LogP contribution in [-0.4, -0.2) is 234 Å². The van der Waals surface area contributed by atoms with Crippen molar-refractivity contribution in [3.63, 3.8) is 0 Å². The van der Waals surface area contributed by atoms with Gasteiger partial charge in [0.1, 0.15) is 12.7 Å². The minimum Gasteiger partial charge on any atom is -0.396 e. The smallest absolute Gasteiger partial charge is 0.294 e. The van der Waals surface area contributed by atoms with E-state index < -0.39 is 46.3 Å². The van der Waals surface area contributed by atoms with Gasteiger partial charge in [0.15, 0.2) is 0 Å². The van der Waals surface area contributed by atoms with E-state index in [2.05, 4.69) is 9.68 Å². The molecule has 6 N–H and O–H groups in total. The van der Waals surface area contributed by atoms with Gasteiger partial charge in [-0.25, -0.2) is 0 Å². The SMILES string of the molecule is Cl.O=C1c2ccccc2C(=O)N1CCN1CC(O)CC1CO.O=C1c2ccccc2C(=O)N1CCN1CC(O)CC1CO.O=C1c2ccccc2C(=O)N1CCN1CC(O[N+](=O)[O-])CC1CO[N+](=O)[O-].OCC1CCC(O)C1. The van der Waals surface area contributed by atoms with Gasteiger partial charge in [0.05, 0.1) is 64.9 Å². The van der Waals surface area contributed by atoms with Crippen molar-refractivity contribution in [2.24, 2.45) is 5.92 Å². The first kappa shape index (κ1) is 60.6. The molecule has 424 valence electrons. The van der Waals surface area contributed by atoms with Gasteiger partial charge in [0, 0.05) is 83.6 Å². The molecule has 0 bridgehead atoms. The van der Waals surface area contributed by atoms with E-state index in [1.807, 2.05) is 9.80 Å². The molecule has 7 aliphatic rings. The predicted molar refractivity (Wildman–Crippen MR) is 274 cm³/mol. The fourth-order valence-corrected chi connectivity index (χ4v) is 10.8. The van der Waals surface area contributed by atoms with Crippen molar-refractivity contribution in [2.45, 2.75) is 81.1 Å². The molecular weight excluding hydrogens is 1050 g/mol. The number of halogens is 1. The molecule has 0 radical (unpaired) electrons. The molecule has 8 atom stereocenters. The highest BCUT2D eigenvalue weighted by Crippen LogP contribution is 2.28. The Morgan fingerprint density at radius 2 is 0.821 bits per heavy atom. The molecule has 26 nitrogen and oxygen atoms in total. The van der Waals surface area contributed by atoms with Crippen molar-refractivity contribution in [2.75, 3.05) is 85.3 Å². The highest BCUT2D eigenvalue weighted by atomic mass is 35.5. The molecule has 3 saturated heterocycles. The van der Waals surface area contributed by atoms with E-state index in [0.29, 0.717) is 78.3 Å². The Morgan fingerprint density at radius 1 is 0.462 bits per heavy atom. The lowest BCUT2D eigenvalue weighted by atomic mass is 10.1. The molecule has 78 heavy (non-hydrogen) atoms. The van der Waals surface area contributed by atoms with E-state index in [1.54, 1.807) is 77.7 Å². The fourth-order valence-electron chi connectivity index (χ4n) is 10.8. The Balaban J connectivity index is 0.000000177. The van der Waals surface area contributed by atoms with E-state index in [4.69, 9.17) is 10.2 Å². The Kier molecular flexibility index (Phi) is 21.6. The van der Waals surface area contributed by atoms with E-state index in [-0.39, 0.29) is 120 Å². The van der Waals surface area contributed by atoms with Crippen LogP contribution < -0.4 is 0 Å². The van der Waals surface area contributed by atoms with Crippen LogP contribution in [0.3, 0.4) is 0 Å². The molecule has 1 saturated carbocycles. The zero-order valence-corrected chi connectivity index (χ0v) is 43.4. The maximum absolute atomic E-state index is 12.4. The van der Waals surface area contributed by atoms with Gasteiger partial charge in [0.2, 0.25) is 0 Å². The molecular formula is C51H65ClN8O18. The number of likely N-dealkylation sites (tertiary alicyclic amines) is 3. The molecule has 6 heterocycles. The number of imide groups is 3. The largest absolute Gasteiger partial charge is 0.396 e. The molecule has 0 spiro atoms. The van der Waals surface area contributed by atoms with Crippen LogP contribution in [0.5, 0.6) is 0 Å². The number of hydrogen-bond donors (Lipinski definition) is 6. The zero-order valence-electron chi connectivity index (χ0n) is 42.6. The van der Waals surface area contributed by atoms with E-state index >= 15 is 0 Å². The van der Waals surface area contributed by atoms with Crippen LogP contribution in [0.15, 0.2) is 72.8 Å². The number of hydrogen-bond acceptors (Lipinski definition) is 21. The zero-order chi connectivity index (χ0) is 55.5. The second kappa shape index (κ2) is 27.8. The number of carbonyl (C=O) groups is 6. The van der Waals surface area contributed by atoms with Crippen molar-refractivity contribution in [1.82, 2.24) is 29.4 Å². The summed E-state index contributed by atoms with van der Waals surface area (Å²) < 4.78 is 0. The van der Waals surface area contributed by atoms with Gasteiger partial charge in [-0.1, -0.05) is 36.4 Å². The van der Waals surface area contributed by atoms with Crippen molar-refractivity contribution in [1.29, 1.82) is 0 Å². The number of β-amino-alcohol motifs (C(OH)–C–C–N with tert-alkyl or cyclic N) is 2. The number of amides is 6. The average molecular weight is 1110 g/mol. The summed E-state index contributed by atoms with van der Waals surface area (Å²) >= 11 is 0. The lowest BCUT2D eigenvalue weighted by molar-refractivity contribution is -0.768. The second-order valence-corrected chi connectivity index (χ2v) is 19.7. The average Bonchev–Trinajstić information content (AvgIpc) is 4.34. The summed E-state index contributed by atoms with van der Waals surface area (Å²) in [5.74, 6) is -1.51. The molecule has 6 aliphatic heterocycles. The van der Waals surface area contributed by atoms with Gasteiger partial charge in [-0.15, -0.1) is 32.6 Å². The number of benzene rings is 3. The lowest BCUT2D eigenvalue weighted by Gasteiger charge is -2.25. The molecule has 3 aromatic carbocycles. The molecule has 6 amide bonds. The molecule has 0 aromatic heterocycles.